The van der Waals surface area contributed by atoms with Crippen molar-refractivity contribution in [3.05, 3.63) is 42.5 Å². The molecule has 0 amide bonds. The third-order valence-electron chi connectivity index (χ3n) is 2.76. The van der Waals surface area contributed by atoms with Crippen LogP contribution in [0.15, 0.2) is 36.9 Å². The quantitative estimate of drug-likeness (QED) is 0.555. The van der Waals surface area contributed by atoms with Gasteiger partial charge in [-0.3, -0.25) is 0 Å². The van der Waals surface area contributed by atoms with Gasteiger partial charge >= 0.3 is 0 Å². The summed E-state index contributed by atoms with van der Waals surface area (Å²) < 4.78 is 5.67. The highest BCUT2D eigenvalue weighted by atomic mass is 16.5. The summed E-state index contributed by atoms with van der Waals surface area (Å²) in [4.78, 5) is 0. The SMILES string of the molecule is C=CCCNC(C)c1ccc(OCC(C)C)cc1. The Bertz CT molecular complexity index is 343. The van der Waals surface area contributed by atoms with Crippen molar-refractivity contribution in [3.8, 4) is 5.75 Å². The standard InChI is InChI=1S/C16H25NO/c1-5-6-11-17-14(4)15-7-9-16(10-8-15)18-12-13(2)3/h5,7-10,13-14,17H,1,6,11-12H2,2-4H3. The Hall–Kier alpha value is -1.28. The molecule has 0 aliphatic rings. The molecule has 2 heteroatoms. The van der Waals surface area contributed by atoms with E-state index in [1.54, 1.807) is 0 Å². The summed E-state index contributed by atoms with van der Waals surface area (Å²) in [5.74, 6) is 1.51. The van der Waals surface area contributed by atoms with Crippen LogP contribution in [0.25, 0.3) is 0 Å². The number of hydrogen-bond acceptors (Lipinski definition) is 2. The van der Waals surface area contributed by atoms with Gasteiger partial charge in [-0.05, 0) is 43.5 Å². The first kappa shape index (κ1) is 14.8. The van der Waals surface area contributed by atoms with Gasteiger partial charge in [0.2, 0.25) is 0 Å². The smallest absolute Gasteiger partial charge is 0.119 e. The molecule has 0 saturated carbocycles. The fourth-order valence-corrected chi connectivity index (χ4v) is 1.64. The van der Waals surface area contributed by atoms with E-state index >= 15 is 0 Å². The summed E-state index contributed by atoms with van der Waals surface area (Å²) in [5, 5.41) is 3.46. The monoisotopic (exact) mass is 247 g/mol. The minimum atomic E-state index is 0.365. The molecule has 1 N–H and O–H groups in total. The van der Waals surface area contributed by atoms with Crippen LogP contribution in [0.3, 0.4) is 0 Å². The van der Waals surface area contributed by atoms with Crippen LogP contribution in [-0.2, 0) is 0 Å². The molecular weight excluding hydrogens is 222 g/mol. The van der Waals surface area contributed by atoms with E-state index in [1.807, 2.05) is 18.2 Å². The molecule has 0 aromatic heterocycles. The Balaban J connectivity index is 2.45. The van der Waals surface area contributed by atoms with Crippen LogP contribution in [-0.4, -0.2) is 13.2 Å². The van der Waals surface area contributed by atoms with Crippen LogP contribution >= 0.6 is 0 Å². The van der Waals surface area contributed by atoms with Gasteiger partial charge in [-0.15, -0.1) is 6.58 Å². The molecule has 1 atom stereocenters. The van der Waals surface area contributed by atoms with E-state index in [-0.39, 0.29) is 0 Å². The molecule has 1 unspecified atom stereocenters. The van der Waals surface area contributed by atoms with Crippen molar-refractivity contribution in [2.75, 3.05) is 13.2 Å². The molecule has 1 aromatic carbocycles. The second kappa shape index (κ2) is 7.93. The Morgan fingerprint density at radius 3 is 2.44 bits per heavy atom. The highest BCUT2D eigenvalue weighted by Gasteiger charge is 2.04. The molecule has 0 saturated heterocycles. The summed E-state index contributed by atoms with van der Waals surface area (Å²) in [5.41, 5.74) is 1.29. The summed E-state index contributed by atoms with van der Waals surface area (Å²) in [6.07, 6.45) is 2.93. The van der Waals surface area contributed by atoms with Crippen molar-refractivity contribution >= 4 is 0 Å². The Morgan fingerprint density at radius 2 is 1.89 bits per heavy atom. The average molecular weight is 247 g/mol. The maximum Gasteiger partial charge on any atom is 0.119 e. The molecule has 100 valence electrons. The predicted octanol–water partition coefficient (Wildman–Crippen LogP) is 3.95. The minimum Gasteiger partial charge on any atom is -0.493 e. The van der Waals surface area contributed by atoms with E-state index in [0.717, 1.165) is 25.3 Å². The Kier molecular flexibility index (Phi) is 6.51. The minimum absolute atomic E-state index is 0.365. The summed E-state index contributed by atoms with van der Waals surface area (Å²) in [6, 6.07) is 8.71. The van der Waals surface area contributed by atoms with Crippen LogP contribution in [0.1, 0.15) is 38.8 Å². The molecule has 1 rings (SSSR count). The molecule has 0 aliphatic heterocycles. The van der Waals surface area contributed by atoms with Crippen molar-refractivity contribution in [2.24, 2.45) is 5.92 Å². The largest absolute Gasteiger partial charge is 0.493 e. The third-order valence-corrected chi connectivity index (χ3v) is 2.76. The molecule has 0 spiro atoms. The number of rotatable bonds is 8. The lowest BCUT2D eigenvalue weighted by atomic mass is 10.1. The summed E-state index contributed by atoms with van der Waals surface area (Å²) >= 11 is 0. The van der Waals surface area contributed by atoms with Crippen LogP contribution < -0.4 is 10.1 Å². The van der Waals surface area contributed by atoms with E-state index in [9.17, 15) is 0 Å². The Morgan fingerprint density at radius 1 is 1.22 bits per heavy atom. The predicted molar refractivity (Wildman–Crippen MR) is 78.0 cm³/mol. The van der Waals surface area contributed by atoms with Crippen LogP contribution in [0.4, 0.5) is 0 Å². The van der Waals surface area contributed by atoms with Crippen molar-refractivity contribution in [1.82, 2.24) is 5.32 Å². The number of benzene rings is 1. The first-order chi connectivity index (χ1) is 8.63. The second-order valence-electron chi connectivity index (χ2n) is 5.03. The molecular formula is C16H25NO. The fourth-order valence-electron chi connectivity index (χ4n) is 1.64. The molecule has 0 aliphatic carbocycles. The summed E-state index contributed by atoms with van der Waals surface area (Å²) in [6.45, 7) is 11.9. The van der Waals surface area contributed by atoms with Gasteiger partial charge in [-0.25, -0.2) is 0 Å². The van der Waals surface area contributed by atoms with Crippen molar-refractivity contribution in [1.29, 1.82) is 0 Å². The van der Waals surface area contributed by atoms with Crippen LogP contribution in [0.5, 0.6) is 5.75 Å². The molecule has 1 aromatic rings. The highest BCUT2D eigenvalue weighted by Crippen LogP contribution is 2.18. The zero-order chi connectivity index (χ0) is 13.4. The van der Waals surface area contributed by atoms with Gasteiger partial charge in [0.15, 0.2) is 0 Å². The Labute approximate surface area is 111 Å². The third kappa shape index (κ3) is 5.37. The van der Waals surface area contributed by atoms with Crippen molar-refractivity contribution in [2.45, 2.75) is 33.2 Å². The second-order valence-corrected chi connectivity index (χ2v) is 5.03. The van der Waals surface area contributed by atoms with E-state index < -0.39 is 0 Å². The zero-order valence-corrected chi connectivity index (χ0v) is 11.8. The van der Waals surface area contributed by atoms with E-state index in [1.165, 1.54) is 5.56 Å². The maximum absolute atomic E-state index is 5.67. The average Bonchev–Trinajstić information content (AvgIpc) is 2.37. The van der Waals surface area contributed by atoms with Gasteiger partial charge in [-0.2, -0.15) is 0 Å². The van der Waals surface area contributed by atoms with Gasteiger partial charge in [0.05, 0.1) is 6.61 Å². The molecule has 0 fully saturated rings. The van der Waals surface area contributed by atoms with Crippen LogP contribution in [0, 0.1) is 5.92 Å². The lowest BCUT2D eigenvalue weighted by Gasteiger charge is -2.14. The van der Waals surface area contributed by atoms with Gasteiger partial charge in [-0.1, -0.05) is 32.1 Å². The number of hydrogen-bond donors (Lipinski definition) is 1. The van der Waals surface area contributed by atoms with Gasteiger partial charge in [0.25, 0.3) is 0 Å². The molecule has 2 nitrogen and oxygen atoms in total. The lowest BCUT2D eigenvalue weighted by molar-refractivity contribution is 0.271. The molecule has 0 radical (unpaired) electrons. The molecule has 0 heterocycles. The first-order valence-electron chi connectivity index (χ1n) is 6.70. The van der Waals surface area contributed by atoms with E-state index in [0.29, 0.717) is 12.0 Å². The number of nitrogens with one attached hydrogen (secondary N) is 1. The summed E-state index contributed by atoms with van der Waals surface area (Å²) in [7, 11) is 0. The fraction of sp³-hybridized carbons (Fsp3) is 0.500. The zero-order valence-electron chi connectivity index (χ0n) is 11.8. The van der Waals surface area contributed by atoms with Crippen molar-refractivity contribution < 1.29 is 4.74 Å². The van der Waals surface area contributed by atoms with Crippen molar-refractivity contribution in [3.63, 3.8) is 0 Å². The van der Waals surface area contributed by atoms with Gasteiger partial charge < -0.3 is 10.1 Å². The molecule has 18 heavy (non-hydrogen) atoms. The molecule has 0 bridgehead atoms. The lowest BCUT2D eigenvalue weighted by Crippen LogP contribution is -2.19. The van der Waals surface area contributed by atoms with Gasteiger partial charge in [0.1, 0.15) is 5.75 Å². The first-order valence-corrected chi connectivity index (χ1v) is 6.70. The van der Waals surface area contributed by atoms with Gasteiger partial charge in [0, 0.05) is 6.04 Å². The maximum atomic E-state index is 5.67. The highest BCUT2D eigenvalue weighted by molar-refractivity contribution is 5.28. The van der Waals surface area contributed by atoms with Crippen LogP contribution in [0.2, 0.25) is 0 Å². The number of ether oxygens (including phenoxy) is 1. The normalized spacial score (nSPS) is 12.4. The van der Waals surface area contributed by atoms with E-state index in [2.05, 4.69) is 44.8 Å². The van der Waals surface area contributed by atoms with E-state index in [4.69, 9.17) is 4.74 Å². The topological polar surface area (TPSA) is 21.3 Å².